The average Bonchev–Trinajstić information content (AvgIpc) is 2.68. The van der Waals surface area contributed by atoms with Crippen LogP contribution in [0.2, 0.25) is 13.3 Å². The van der Waals surface area contributed by atoms with Crippen LogP contribution in [0.15, 0.2) is 29.2 Å². The molecule has 0 N–H and O–H groups in total. The van der Waals surface area contributed by atoms with Crippen LogP contribution in [0.5, 0.6) is 0 Å². The van der Waals surface area contributed by atoms with E-state index in [1.165, 1.54) is 66.8 Å². The SMILES string of the molecule is CCC[CH2][Sn]([CH2]CCC)([CH2]CCC)[c]1ccc(S(=O)(=O)N(C)COC)cc1. The van der Waals surface area contributed by atoms with Crippen molar-refractivity contribution >= 4 is 32.0 Å². The van der Waals surface area contributed by atoms with Crippen molar-refractivity contribution in [3.05, 3.63) is 24.3 Å². The van der Waals surface area contributed by atoms with Crippen molar-refractivity contribution < 1.29 is 13.2 Å². The van der Waals surface area contributed by atoms with Gasteiger partial charge >= 0.3 is 172 Å². The Kier molecular flexibility index (Phi) is 11.5. The molecular weight excluding hydrogens is 465 g/mol. The first-order valence-corrected chi connectivity index (χ1v) is 19.4. The normalized spacial score (nSPS) is 12.7. The summed E-state index contributed by atoms with van der Waals surface area (Å²) in [4.78, 5) is 0.368. The van der Waals surface area contributed by atoms with Crippen molar-refractivity contribution in [2.45, 2.75) is 77.5 Å². The molecule has 0 aliphatic carbocycles. The zero-order valence-corrected chi connectivity index (χ0v) is 21.6. The molecule has 0 bridgehead atoms. The standard InChI is InChI=1S/C9H12NO3S.3C4H9.Sn/c1-10(8-13-2)14(11,12)9-6-4-3-5-7-9;3*1-3-4-2;/h4-7H,8H2,1-2H3;3*1,3-4H2,2H3;. The number of ether oxygens (including phenoxy) is 1. The number of hydrogen-bond acceptors (Lipinski definition) is 3. The molecule has 4 nitrogen and oxygen atoms in total. The fourth-order valence-corrected chi connectivity index (χ4v) is 20.8. The van der Waals surface area contributed by atoms with E-state index < -0.39 is 28.4 Å². The molecule has 0 aliphatic heterocycles. The van der Waals surface area contributed by atoms with Gasteiger partial charge in [0.15, 0.2) is 0 Å². The molecule has 156 valence electrons. The van der Waals surface area contributed by atoms with Gasteiger partial charge in [0, 0.05) is 0 Å². The van der Waals surface area contributed by atoms with E-state index in [4.69, 9.17) is 4.74 Å². The van der Waals surface area contributed by atoms with Gasteiger partial charge in [-0.3, -0.25) is 0 Å². The molecule has 0 fully saturated rings. The Hall–Kier alpha value is -0.111. The van der Waals surface area contributed by atoms with Gasteiger partial charge in [0.2, 0.25) is 0 Å². The van der Waals surface area contributed by atoms with Crippen molar-refractivity contribution in [2.75, 3.05) is 20.9 Å². The maximum absolute atomic E-state index is 12.7. The second-order valence-electron chi connectivity index (χ2n) is 7.64. The van der Waals surface area contributed by atoms with Crippen LogP contribution in [0.1, 0.15) is 59.3 Å². The predicted octanol–water partition coefficient (Wildman–Crippen LogP) is 4.97. The molecule has 1 rings (SSSR count). The molecule has 0 saturated carbocycles. The Morgan fingerprint density at radius 1 is 0.889 bits per heavy atom. The molecule has 0 radical (unpaired) electrons. The molecule has 0 aromatic heterocycles. The summed E-state index contributed by atoms with van der Waals surface area (Å²) in [7, 11) is -0.420. The van der Waals surface area contributed by atoms with Crippen LogP contribution in [-0.4, -0.2) is 52.0 Å². The second kappa shape index (κ2) is 12.5. The fraction of sp³-hybridized carbons (Fsp3) is 0.714. The Labute approximate surface area is 171 Å². The van der Waals surface area contributed by atoms with Gasteiger partial charge in [0.05, 0.1) is 0 Å². The monoisotopic (exact) mass is 505 g/mol. The van der Waals surface area contributed by atoms with Crippen molar-refractivity contribution in [2.24, 2.45) is 0 Å². The first-order chi connectivity index (χ1) is 12.9. The summed E-state index contributed by atoms with van der Waals surface area (Å²) in [6.07, 6.45) is 7.64. The van der Waals surface area contributed by atoms with Crippen LogP contribution in [-0.2, 0) is 14.8 Å². The van der Waals surface area contributed by atoms with Crippen LogP contribution < -0.4 is 3.58 Å². The molecule has 0 aliphatic rings. The zero-order valence-electron chi connectivity index (χ0n) is 18.0. The number of hydrogen-bond donors (Lipinski definition) is 0. The van der Waals surface area contributed by atoms with Gasteiger partial charge < -0.3 is 0 Å². The first-order valence-electron chi connectivity index (χ1n) is 10.4. The second-order valence-corrected chi connectivity index (χ2v) is 22.9. The number of benzene rings is 1. The van der Waals surface area contributed by atoms with Crippen molar-refractivity contribution in [3.63, 3.8) is 0 Å². The molecule has 6 heteroatoms. The minimum atomic E-state index is -3.48. The van der Waals surface area contributed by atoms with E-state index >= 15 is 0 Å². The third kappa shape index (κ3) is 7.02. The molecule has 1 aromatic carbocycles. The third-order valence-corrected chi connectivity index (χ3v) is 23.0. The third-order valence-electron chi connectivity index (χ3n) is 5.51. The summed E-state index contributed by atoms with van der Waals surface area (Å²) >= 11 is -2.49. The number of nitrogens with zero attached hydrogens (tertiary/aromatic N) is 1. The molecule has 1 aromatic rings. The van der Waals surface area contributed by atoms with Gasteiger partial charge in [-0.15, -0.1) is 0 Å². The van der Waals surface area contributed by atoms with Gasteiger partial charge in [-0.1, -0.05) is 0 Å². The van der Waals surface area contributed by atoms with E-state index in [0.717, 1.165) is 0 Å². The molecule has 0 unspecified atom stereocenters. The maximum atomic E-state index is 12.7. The fourth-order valence-electron chi connectivity index (χ4n) is 3.77. The van der Waals surface area contributed by atoms with Gasteiger partial charge in [-0.25, -0.2) is 0 Å². The minimum absolute atomic E-state index is 0.0662. The summed E-state index contributed by atoms with van der Waals surface area (Å²) < 4.78 is 37.2. The van der Waals surface area contributed by atoms with Gasteiger partial charge in [-0.05, 0) is 0 Å². The quantitative estimate of drug-likeness (QED) is 0.266. The van der Waals surface area contributed by atoms with Crippen LogP contribution in [0, 0.1) is 0 Å². The molecule has 0 amide bonds. The number of methoxy groups -OCH3 is 1. The van der Waals surface area contributed by atoms with Gasteiger partial charge in [0.25, 0.3) is 0 Å². The summed E-state index contributed by atoms with van der Waals surface area (Å²) in [5, 5.41) is 0. The van der Waals surface area contributed by atoms with Crippen molar-refractivity contribution in [3.8, 4) is 0 Å². The topological polar surface area (TPSA) is 46.6 Å². The summed E-state index contributed by atoms with van der Waals surface area (Å²) in [6, 6.07) is 7.94. The van der Waals surface area contributed by atoms with Crippen LogP contribution in [0.4, 0.5) is 0 Å². The van der Waals surface area contributed by atoms with E-state index in [-0.39, 0.29) is 6.73 Å². The van der Waals surface area contributed by atoms with Crippen LogP contribution >= 0.6 is 0 Å². The Morgan fingerprint density at radius 2 is 1.33 bits per heavy atom. The predicted molar refractivity (Wildman–Crippen MR) is 118 cm³/mol. The Balaban J connectivity index is 3.21. The molecule has 0 saturated heterocycles. The van der Waals surface area contributed by atoms with Crippen LogP contribution in [0.3, 0.4) is 0 Å². The first kappa shape index (κ1) is 24.9. The summed E-state index contributed by atoms with van der Waals surface area (Å²) in [5.41, 5.74) is 0. The zero-order chi connectivity index (χ0) is 20.3. The molecule has 0 atom stereocenters. The summed E-state index contributed by atoms with van der Waals surface area (Å²) in [5.74, 6) is 0. The number of unbranched alkanes of at least 4 members (excludes halogenated alkanes) is 3. The molecule has 0 heterocycles. The van der Waals surface area contributed by atoms with E-state index in [1.54, 1.807) is 7.05 Å². The Bertz CT molecular complexity index is 610. The number of sulfonamides is 1. The average molecular weight is 504 g/mol. The van der Waals surface area contributed by atoms with Crippen molar-refractivity contribution in [1.29, 1.82) is 0 Å². The molecular formula is C21H39NO3SSn. The summed E-state index contributed by atoms with van der Waals surface area (Å²) in [6.45, 7) is 6.89. The Morgan fingerprint density at radius 3 is 1.70 bits per heavy atom. The van der Waals surface area contributed by atoms with E-state index in [1.807, 2.05) is 12.1 Å². The van der Waals surface area contributed by atoms with E-state index in [9.17, 15) is 8.42 Å². The molecule has 27 heavy (non-hydrogen) atoms. The van der Waals surface area contributed by atoms with Crippen LogP contribution in [0.25, 0.3) is 0 Å². The van der Waals surface area contributed by atoms with Crippen molar-refractivity contribution in [1.82, 2.24) is 4.31 Å². The molecule has 0 spiro atoms. The van der Waals surface area contributed by atoms with Gasteiger partial charge in [-0.2, -0.15) is 0 Å². The van der Waals surface area contributed by atoms with Gasteiger partial charge in [0.1, 0.15) is 0 Å². The van der Waals surface area contributed by atoms with E-state index in [2.05, 4.69) is 32.9 Å². The number of rotatable bonds is 14. The van der Waals surface area contributed by atoms with E-state index in [0.29, 0.717) is 4.90 Å².